The molecule has 7 nitrogen and oxygen atoms in total. The van der Waals surface area contributed by atoms with Gasteiger partial charge in [0.15, 0.2) is 12.4 Å². The van der Waals surface area contributed by atoms with Crippen LogP contribution >= 0.6 is 30.6 Å². The quantitative estimate of drug-likeness (QED) is 0.457. The second-order valence-corrected chi connectivity index (χ2v) is 15.3. The number of aromatic amines is 1. The van der Waals surface area contributed by atoms with Crippen LogP contribution in [-0.2, 0) is 25.6 Å². The normalized spacial score (nSPS) is 41.1. The first-order chi connectivity index (χ1) is 14.5. The Hall–Kier alpha value is -0.420. The molecule has 1 N–H and O–H groups in total. The van der Waals surface area contributed by atoms with Crippen LogP contribution in [0.25, 0.3) is 0 Å². The average molecular weight is 525 g/mol. The molecule has 1 aliphatic carbocycles. The van der Waals surface area contributed by atoms with Gasteiger partial charge in [-0.1, -0.05) is 30.5 Å². The summed E-state index contributed by atoms with van der Waals surface area (Å²) in [6.07, 6.45) is 0.114. The van der Waals surface area contributed by atoms with Gasteiger partial charge in [0.25, 0.3) is 5.56 Å². The van der Waals surface area contributed by atoms with Crippen LogP contribution in [0.2, 0.25) is 0 Å². The van der Waals surface area contributed by atoms with Gasteiger partial charge in [0.05, 0.1) is 12.2 Å². The first-order valence-electron chi connectivity index (χ1n) is 10.5. The number of nitrogens with one attached hydrogen (secondary N) is 1. The fourth-order valence-corrected chi connectivity index (χ4v) is 12.1. The van der Waals surface area contributed by atoms with Crippen molar-refractivity contribution in [1.82, 2.24) is 9.55 Å². The lowest BCUT2D eigenvalue weighted by atomic mass is 9.77. The number of nitrogens with zero attached hydrogens (tertiary/aromatic N) is 1. The van der Waals surface area contributed by atoms with Crippen LogP contribution in [-0.4, -0.2) is 38.8 Å². The Morgan fingerprint density at radius 1 is 1.53 bits per heavy atom. The Kier molecular flexibility index (Phi) is 7.92. The minimum atomic E-state index is -2.82. The lowest BCUT2D eigenvalue weighted by Crippen LogP contribution is -2.39. The van der Waals surface area contributed by atoms with Crippen molar-refractivity contribution in [2.24, 2.45) is 5.92 Å². The van der Waals surface area contributed by atoms with Crippen LogP contribution < -0.4 is 11.2 Å². The fraction of sp³-hybridized carbons (Fsp3) is 0.700. The van der Waals surface area contributed by atoms with Gasteiger partial charge in [0.1, 0.15) is 6.10 Å². The molecule has 0 amide bonds. The Bertz CT molecular complexity index is 1030. The molecule has 3 heterocycles. The van der Waals surface area contributed by atoms with E-state index in [1.165, 1.54) is 17.6 Å². The molecule has 0 aromatic carbocycles. The lowest BCUT2D eigenvalue weighted by Gasteiger charge is -2.37. The number of alkyl halides is 1. The molecular formula is C20H30FN2O5PS3. The number of halogens is 1. The molecule has 1 aromatic heterocycles. The van der Waals surface area contributed by atoms with E-state index in [-0.39, 0.29) is 24.3 Å². The molecule has 0 unspecified atom stereocenters. The SMILES string of the molecule is C=C(C)[C@@H]1CC[C@]2(C)S[P@@](=S)(O[C@H]3[C@@H](F)[C@H](n4ccc(=O)[nH]c4=O)O[C@@H]3CC)O[C@H]2C1.S. The minimum Gasteiger partial charge on any atom is -0.349 e. The molecule has 3 aliphatic rings. The van der Waals surface area contributed by atoms with Crippen LogP contribution in [0.15, 0.2) is 34.0 Å². The molecular weight excluding hydrogens is 494 g/mol. The highest BCUT2D eigenvalue weighted by atomic mass is 32.9. The maximum atomic E-state index is 15.5. The summed E-state index contributed by atoms with van der Waals surface area (Å²) >= 11 is 7.35. The van der Waals surface area contributed by atoms with Gasteiger partial charge in [-0.2, -0.15) is 13.5 Å². The maximum absolute atomic E-state index is 15.5. The summed E-state index contributed by atoms with van der Waals surface area (Å²) in [5.41, 5.74) is -2.95. The number of rotatable bonds is 5. The Balaban J connectivity index is 0.00000289. The molecule has 0 radical (unpaired) electrons. The summed E-state index contributed by atoms with van der Waals surface area (Å²) in [7, 11) is 0. The van der Waals surface area contributed by atoms with Crippen LogP contribution in [0.1, 0.15) is 52.7 Å². The maximum Gasteiger partial charge on any atom is 0.330 e. The average Bonchev–Trinajstić information content (AvgIpc) is 3.14. The van der Waals surface area contributed by atoms with Gasteiger partial charge in [-0.25, -0.2) is 9.18 Å². The van der Waals surface area contributed by atoms with Crippen molar-refractivity contribution in [2.75, 3.05) is 0 Å². The molecule has 3 fully saturated rings. The topological polar surface area (TPSA) is 82.6 Å². The van der Waals surface area contributed by atoms with Crippen LogP contribution in [0.5, 0.6) is 0 Å². The highest BCUT2D eigenvalue weighted by Crippen LogP contribution is 2.76. The molecule has 1 saturated carbocycles. The monoisotopic (exact) mass is 524 g/mol. The second-order valence-electron chi connectivity index (χ2n) is 8.77. The number of hydrogen-bond donors (Lipinski definition) is 1. The number of allylic oxidation sites excluding steroid dienone is 1. The van der Waals surface area contributed by atoms with Crippen LogP contribution in [0.4, 0.5) is 4.39 Å². The van der Waals surface area contributed by atoms with Crippen LogP contribution in [0.3, 0.4) is 0 Å². The van der Waals surface area contributed by atoms with E-state index in [1.807, 2.05) is 13.8 Å². The summed E-state index contributed by atoms with van der Waals surface area (Å²) in [6.45, 7) is 10.1. The molecule has 0 spiro atoms. The highest BCUT2D eigenvalue weighted by Gasteiger charge is 2.56. The van der Waals surface area contributed by atoms with E-state index in [9.17, 15) is 9.59 Å². The molecule has 1 aromatic rings. The first kappa shape index (κ1) is 26.2. The van der Waals surface area contributed by atoms with Gasteiger partial charge in [-0.05, 0) is 57.3 Å². The van der Waals surface area contributed by atoms with Gasteiger partial charge in [-0.3, -0.25) is 14.3 Å². The number of fused-ring (bicyclic) bond motifs is 1. The zero-order chi connectivity index (χ0) is 22.6. The summed E-state index contributed by atoms with van der Waals surface area (Å²) in [5, 5.41) is 0. The van der Waals surface area contributed by atoms with Crippen molar-refractivity contribution in [2.45, 2.75) is 81.9 Å². The number of hydrogen-bond acceptors (Lipinski definition) is 7. The summed E-state index contributed by atoms with van der Waals surface area (Å²) in [5.74, 6) is 0.392. The van der Waals surface area contributed by atoms with Gasteiger partial charge >= 0.3 is 5.69 Å². The smallest absolute Gasteiger partial charge is 0.330 e. The lowest BCUT2D eigenvalue weighted by molar-refractivity contribution is -0.0268. The standard InChI is InChI=1S/C20H28FN2O5PS2.H2S/c1-5-13-17(16(21)18(26-13)23-9-7-15(24)22-19(23)25)28-29(30)27-14-10-12(11(2)3)6-8-20(14,4)31-29;/h7,9,12-14,16-18H,2,5-6,8,10H2,1,3-4H3,(H,22,24,25);1H2/t12-,13-,14+,16-,17-,18-,20+,29-;/m1./s1. The largest absolute Gasteiger partial charge is 0.349 e. The zero-order valence-corrected chi connectivity index (χ0v) is 21.8. The van der Waals surface area contributed by atoms with E-state index in [1.54, 1.807) is 0 Å². The second kappa shape index (κ2) is 9.68. The molecule has 4 rings (SSSR count). The summed E-state index contributed by atoms with van der Waals surface area (Å²) < 4.78 is 34.7. The molecule has 32 heavy (non-hydrogen) atoms. The predicted octanol–water partition coefficient (Wildman–Crippen LogP) is 4.17. The Morgan fingerprint density at radius 3 is 2.88 bits per heavy atom. The highest BCUT2D eigenvalue weighted by molar-refractivity contribution is 8.68. The number of aromatic nitrogens is 2. The zero-order valence-electron chi connectivity index (χ0n) is 18.3. The van der Waals surface area contributed by atoms with E-state index < -0.39 is 41.6 Å². The molecule has 8 atom stereocenters. The summed E-state index contributed by atoms with van der Waals surface area (Å²) in [4.78, 5) is 25.6. The van der Waals surface area contributed by atoms with E-state index in [0.717, 1.165) is 35.5 Å². The third-order valence-corrected chi connectivity index (χ3v) is 12.2. The molecule has 2 saturated heterocycles. The third-order valence-electron chi connectivity index (χ3n) is 6.49. The van der Waals surface area contributed by atoms with Gasteiger partial charge in [0, 0.05) is 17.0 Å². The molecule has 180 valence electrons. The van der Waals surface area contributed by atoms with E-state index in [4.69, 9.17) is 25.6 Å². The van der Waals surface area contributed by atoms with E-state index in [2.05, 4.69) is 18.5 Å². The van der Waals surface area contributed by atoms with E-state index >= 15 is 4.39 Å². The van der Waals surface area contributed by atoms with Gasteiger partial charge < -0.3 is 13.8 Å². The van der Waals surface area contributed by atoms with E-state index in [0.29, 0.717) is 12.3 Å². The van der Waals surface area contributed by atoms with Gasteiger partial charge in [0.2, 0.25) is 5.69 Å². The van der Waals surface area contributed by atoms with Crippen molar-refractivity contribution < 1.29 is 18.2 Å². The third kappa shape index (κ3) is 4.85. The van der Waals surface area contributed by atoms with Gasteiger partial charge in [-0.15, -0.1) is 0 Å². The minimum absolute atomic E-state index is 0. The Morgan fingerprint density at radius 2 is 2.25 bits per heavy atom. The molecule has 2 aliphatic heterocycles. The first-order valence-corrected chi connectivity index (χ1v) is 14.5. The van der Waals surface area contributed by atoms with Crippen molar-refractivity contribution in [3.8, 4) is 0 Å². The number of H-pyrrole nitrogens is 1. The molecule has 0 bridgehead atoms. The van der Waals surface area contributed by atoms with Crippen LogP contribution in [0, 0.1) is 5.92 Å². The predicted molar refractivity (Wildman–Crippen MR) is 133 cm³/mol. The molecule has 12 heteroatoms. The van der Waals surface area contributed by atoms with Crippen molar-refractivity contribution in [3.63, 3.8) is 0 Å². The van der Waals surface area contributed by atoms with Crippen molar-refractivity contribution >= 4 is 42.4 Å². The number of ether oxygens (including phenoxy) is 1. The summed E-state index contributed by atoms with van der Waals surface area (Å²) in [6, 6.07) is 1.16. The Labute approximate surface area is 202 Å². The fourth-order valence-electron chi connectivity index (χ4n) is 4.58. The van der Waals surface area contributed by atoms with Crippen molar-refractivity contribution in [1.29, 1.82) is 0 Å². The van der Waals surface area contributed by atoms with Crippen molar-refractivity contribution in [3.05, 3.63) is 45.3 Å².